The van der Waals surface area contributed by atoms with Crippen LogP contribution in [0.25, 0.3) is 0 Å². The van der Waals surface area contributed by atoms with E-state index in [2.05, 4.69) is 5.32 Å². The van der Waals surface area contributed by atoms with Crippen molar-refractivity contribution in [2.75, 3.05) is 11.4 Å². The first-order valence-electron chi connectivity index (χ1n) is 8.56. The minimum absolute atomic E-state index is 0.174. The fraction of sp³-hybridized carbons (Fsp3) is 0.500. The van der Waals surface area contributed by atoms with Gasteiger partial charge in [0.2, 0.25) is 11.8 Å². The van der Waals surface area contributed by atoms with Gasteiger partial charge in [-0.1, -0.05) is 30.2 Å². The number of rotatable bonds is 4. The molecule has 1 saturated carbocycles. The number of amides is 2. The first kappa shape index (κ1) is 17.7. The van der Waals surface area contributed by atoms with Gasteiger partial charge in [0.15, 0.2) is 0 Å². The van der Waals surface area contributed by atoms with Gasteiger partial charge in [-0.05, 0) is 37.8 Å². The van der Waals surface area contributed by atoms with Crippen LogP contribution in [0.5, 0.6) is 0 Å². The second-order valence-electron chi connectivity index (χ2n) is 6.69. The second kappa shape index (κ2) is 7.44. The Labute approximate surface area is 151 Å². The Morgan fingerprint density at radius 2 is 1.88 bits per heavy atom. The maximum Gasteiger partial charge on any atom is 0.306 e. The molecule has 3 atom stereocenters. The monoisotopic (exact) mass is 364 g/mol. The molecule has 6 nitrogen and oxygen atoms in total. The van der Waals surface area contributed by atoms with E-state index >= 15 is 0 Å². The van der Waals surface area contributed by atoms with Gasteiger partial charge in [-0.3, -0.25) is 14.4 Å². The second-order valence-corrected chi connectivity index (χ2v) is 7.10. The molecule has 0 radical (unpaired) electrons. The molecule has 7 heteroatoms. The lowest BCUT2D eigenvalue weighted by atomic mass is 9.81. The van der Waals surface area contributed by atoms with Crippen molar-refractivity contribution in [2.45, 2.75) is 38.1 Å². The van der Waals surface area contributed by atoms with E-state index in [1.165, 1.54) is 0 Å². The minimum atomic E-state index is -0.848. The molecule has 25 heavy (non-hydrogen) atoms. The quantitative estimate of drug-likeness (QED) is 0.859. The van der Waals surface area contributed by atoms with Crippen molar-refractivity contribution >= 4 is 35.1 Å². The van der Waals surface area contributed by atoms with E-state index in [0.29, 0.717) is 42.9 Å². The maximum absolute atomic E-state index is 12.6. The molecule has 3 rings (SSSR count). The fourth-order valence-electron chi connectivity index (χ4n) is 3.67. The normalized spacial score (nSPS) is 26.5. The number of carbonyl (C=O) groups excluding carboxylic acids is 2. The summed E-state index contributed by atoms with van der Waals surface area (Å²) in [6.45, 7) is 0.496. The highest BCUT2D eigenvalue weighted by Crippen LogP contribution is 2.31. The average molecular weight is 365 g/mol. The SMILES string of the molecule is O=C(O)C1CCCC(C(=O)NC2CCN(c3ccccc3Cl)C2=O)C1. The number of hydrogen-bond acceptors (Lipinski definition) is 3. The molecule has 1 aliphatic heterocycles. The molecule has 0 spiro atoms. The van der Waals surface area contributed by atoms with Gasteiger partial charge >= 0.3 is 5.97 Å². The third-order valence-electron chi connectivity index (χ3n) is 5.06. The molecule has 1 aromatic rings. The molecule has 1 aromatic carbocycles. The number of aliphatic carboxylic acids is 1. The van der Waals surface area contributed by atoms with Crippen molar-refractivity contribution in [3.63, 3.8) is 0 Å². The smallest absolute Gasteiger partial charge is 0.306 e. The molecule has 2 amide bonds. The molecular weight excluding hydrogens is 344 g/mol. The summed E-state index contributed by atoms with van der Waals surface area (Å²) in [4.78, 5) is 37.8. The molecule has 0 aromatic heterocycles. The number of anilines is 1. The van der Waals surface area contributed by atoms with E-state index in [-0.39, 0.29) is 17.7 Å². The minimum Gasteiger partial charge on any atom is -0.481 e. The zero-order chi connectivity index (χ0) is 18.0. The number of nitrogens with one attached hydrogen (secondary N) is 1. The van der Waals surface area contributed by atoms with Gasteiger partial charge in [0.25, 0.3) is 0 Å². The van der Waals surface area contributed by atoms with Crippen LogP contribution in [0.4, 0.5) is 5.69 Å². The Bertz CT molecular complexity index is 693. The summed E-state index contributed by atoms with van der Waals surface area (Å²) in [5, 5.41) is 12.5. The van der Waals surface area contributed by atoms with Crippen LogP contribution >= 0.6 is 11.6 Å². The lowest BCUT2D eigenvalue weighted by Gasteiger charge is -2.26. The van der Waals surface area contributed by atoms with E-state index in [4.69, 9.17) is 16.7 Å². The van der Waals surface area contributed by atoms with Crippen LogP contribution in [0.3, 0.4) is 0 Å². The summed E-state index contributed by atoms with van der Waals surface area (Å²) in [6, 6.07) is 6.55. The van der Waals surface area contributed by atoms with Crippen LogP contribution in [0.2, 0.25) is 5.02 Å². The number of para-hydroxylation sites is 1. The Morgan fingerprint density at radius 1 is 1.16 bits per heavy atom. The first-order chi connectivity index (χ1) is 12.0. The molecule has 2 N–H and O–H groups in total. The van der Waals surface area contributed by atoms with Crippen molar-refractivity contribution in [3.8, 4) is 0 Å². The van der Waals surface area contributed by atoms with Gasteiger partial charge in [-0.25, -0.2) is 0 Å². The Morgan fingerprint density at radius 3 is 2.60 bits per heavy atom. The van der Waals surface area contributed by atoms with Gasteiger partial charge in [0.1, 0.15) is 6.04 Å². The highest BCUT2D eigenvalue weighted by atomic mass is 35.5. The van der Waals surface area contributed by atoms with Crippen molar-refractivity contribution in [1.29, 1.82) is 0 Å². The van der Waals surface area contributed by atoms with Crippen LogP contribution in [0.15, 0.2) is 24.3 Å². The highest BCUT2D eigenvalue weighted by Gasteiger charge is 2.37. The maximum atomic E-state index is 12.6. The third-order valence-corrected chi connectivity index (χ3v) is 5.38. The van der Waals surface area contributed by atoms with Gasteiger partial charge in [-0.2, -0.15) is 0 Å². The van der Waals surface area contributed by atoms with E-state index in [9.17, 15) is 14.4 Å². The van der Waals surface area contributed by atoms with Gasteiger partial charge in [0, 0.05) is 12.5 Å². The summed E-state index contributed by atoms with van der Waals surface area (Å²) in [7, 11) is 0. The van der Waals surface area contributed by atoms with Crippen molar-refractivity contribution in [3.05, 3.63) is 29.3 Å². The molecule has 1 aliphatic carbocycles. The molecule has 3 unspecified atom stereocenters. The molecule has 134 valence electrons. The average Bonchev–Trinajstić information content (AvgIpc) is 2.96. The standard InChI is InChI=1S/C18H21ClN2O4/c19-13-6-1-2-7-15(13)21-9-8-14(17(21)23)20-16(22)11-4-3-5-12(10-11)18(24)25/h1-2,6-7,11-12,14H,3-5,8-10H2,(H,20,22)(H,24,25). The Balaban J connectivity index is 1.62. The van der Waals surface area contributed by atoms with Crippen molar-refractivity contribution in [2.24, 2.45) is 11.8 Å². The van der Waals surface area contributed by atoms with Gasteiger partial charge in [-0.15, -0.1) is 0 Å². The lowest BCUT2D eigenvalue weighted by Crippen LogP contribution is -2.45. The number of carbonyl (C=O) groups is 3. The summed E-state index contributed by atoms with van der Waals surface area (Å²) < 4.78 is 0. The van der Waals surface area contributed by atoms with Crippen molar-refractivity contribution in [1.82, 2.24) is 5.32 Å². The van der Waals surface area contributed by atoms with Crippen LogP contribution < -0.4 is 10.2 Å². The first-order valence-corrected chi connectivity index (χ1v) is 8.94. The predicted octanol–water partition coefficient (Wildman–Crippen LogP) is 2.45. The van der Waals surface area contributed by atoms with Crippen molar-refractivity contribution < 1.29 is 19.5 Å². The summed E-state index contributed by atoms with van der Waals surface area (Å²) >= 11 is 6.15. The molecule has 2 aliphatic rings. The number of carboxylic acid groups (broad SMARTS) is 1. The number of nitrogens with zero attached hydrogens (tertiary/aromatic N) is 1. The molecule has 1 saturated heterocycles. The zero-order valence-electron chi connectivity index (χ0n) is 13.8. The van der Waals surface area contributed by atoms with Crippen LogP contribution in [-0.2, 0) is 14.4 Å². The largest absolute Gasteiger partial charge is 0.481 e. The van der Waals surface area contributed by atoms with Crippen LogP contribution in [0, 0.1) is 11.8 Å². The number of halogens is 1. The van der Waals surface area contributed by atoms with E-state index in [1.54, 1.807) is 23.1 Å². The summed E-state index contributed by atoms with van der Waals surface area (Å²) in [6.07, 6.45) is 2.87. The van der Waals surface area contributed by atoms with E-state index in [0.717, 1.165) is 6.42 Å². The highest BCUT2D eigenvalue weighted by molar-refractivity contribution is 6.34. The van der Waals surface area contributed by atoms with E-state index in [1.807, 2.05) is 6.07 Å². The Kier molecular flexibility index (Phi) is 5.27. The van der Waals surface area contributed by atoms with E-state index < -0.39 is 17.9 Å². The van der Waals surface area contributed by atoms with Gasteiger partial charge < -0.3 is 15.3 Å². The third kappa shape index (κ3) is 3.79. The molecule has 2 fully saturated rings. The molecular formula is C18H21ClN2O4. The van der Waals surface area contributed by atoms with Gasteiger partial charge in [0.05, 0.1) is 16.6 Å². The van der Waals surface area contributed by atoms with Crippen LogP contribution in [0.1, 0.15) is 32.1 Å². The Hall–Kier alpha value is -2.08. The number of hydrogen-bond donors (Lipinski definition) is 2. The lowest BCUT2D eigenvalue weighted by molar-refractivity contribution is -0.144. The summed E-state index contributed by atoms with van der Waals surface area (Å²) in [5.41, 5.74) is 0.648. The number of benzene rings is 1. The molecule has 0 bridgehead atoms. The predicted molar refractivity (Wildman–Crippen MR) is 93.4 cm³/mol. The fourth-order valence-corrected chi connectivity index (χ4v) is 3.90. The summed E-state index contributed by atoms with van der Waals surface area (Å²) in [5.74, 6) is -2.04. The topological polar surface area (TPSA) is 86.7 Å². The molecule has 1 heterocycles. The van der Waals surface area contributed by atoms with Crippen LogP contribution in [-0.4, -0.2) is 35.5 Å². The zero-order valence-corrected chi connectivity index (χ0v) is 14.5. The number of carboxylic acids is 1.